The van der Waals surface area contributed by atoms with Crippen molar-refractivity contribution in [2.75, 3.05) is 6.54 Å². The molecule has 2 saturated carbocycles. The first-order valence-corrected chi connectivity index (χ1v) is 8.94. The highest BCUT2D eigenvalue weighted by Crippen LogP contribution is 2.25. The fraction of sp³-hybridized carbons (Fsp3) is 0.684. The number of rotatable bonds is 6. The Morgan fingerprint density at radius 2 is 1.95 bits per heavy atom. The molecular formula is C19H29NO2. The molecule has 0 aliphatic heterocycles. The Balaban J connectivity index is 1.43. The normalized spacial score (nSPS) is 26.2. The molecule has 3 heteroatoms. The SMILES string of the molecule is OC1CCCC(CNCc2cccc(OC3CCCC3)c2)C1. The molecule has 1 aromatic carbocycles. The molecular weight excluding hydrogens is 274 g/mol. The molecule has 3 rings (SSSR count). The standard InChI is InChI=1S/C19H29NO2/c21-17-7-3-5-15(11-17)13-20-14-16-6-4-10-19(12-16)22-18-8-1-2-9-18/h4,6,10,12,15,17-18,20-21H,1-3,5,7-9,11,13-14H2. The number of aliphatic hydroxyl groups is 1. The zero-order valence-corrected chi connectivity index (χ0v) is 13.5. The van der Waals surface area contributed by atoms with Crippen molar-refractivity contribution in [3.63, 3.8) is 0 Å². The van der Waals surface area contributed by atoms with E-state index in [1.165, 1.54) is 37.7 Å². The van der Waals surface area contributed by atoms with E-state index in [4.69, 9.17) is 4.74 Å². The lowest BCUT2D eigenvalue weighted by molar-refractivity contribution is 0.101. The van der Waals surface area contributed by atoms with Gasteiger partial charge in [-0.2, -0.15) is 0 Å². The smallest absolute Gasteiger partial charge is 0.120 e. The van der Waals surface area contributed by atoms with E-state index in [0.29, 0.717) is 12.0 Å². The Kier molecular flexibility index (Phi) is 5.74. The highest BCUT2D eigenvalue weighted by atomic mass is 16.5. The fourth-order valence-electron chi connectivity index (χ4n) is 3.80. The average molecular weight is 303 g/mol. The van der Waals surface area contributed by atoms with Crippen LogP contribution in [0.5, 0.6) is 5.75 Å². The predicted molar refractivity (Wildman–Crippen MR) is 89.0 cm³/mol. The maximum absolute atomic E-state index is 9.72. The summed E-state index contributed by atoms with van der Waals surface area (Å²) in [6.45, 7) is 1.89. The first-order chi connectivity index (χ1) is 10.8. The van der Waals surface area contributed by atoms with Crippen LogP contribution in [-0.4, -0.2) is 23.9 Å². The van der Waals surface area contributed by atoms with Gasteiger partial charge in [-0.25, -0.2) is 0 Å². The first-order valence-electron chi connectivity index (χ1n) is 8.94. The number of hydrogen-bond donors (Lipinski definition) is 2. The van der Waals surface area contributed by atoms with E-state index in [0.717, 1.165) is 38.1 Å². The number of ether oxygens (including phenoxy) is 1. The topological polar surface area (TPSA) is 41.5 Å². The molecule has 0 spiro atoms. The van der Waals surface area contributed by atoms with E-state index in [2.05, 4.69) is 29.6 Å². The lowest BCUT2D eigenvalue weighted by atomic mass is 9.87. The minimum absolute atomic E-state index is 0.0799. The maximum Gasteiger partial charge on any atom is 0.120 e. The van der Waals surface area contributed by atoms with Gasteiger partial charge in [0.1, 0.15) is 5.75 Å². The molecule has 0 aromatic heterocycles. The molecule has 0 bridgehead atoms. The fourth-order valence-corrected chi connectivity index (χ4v) is 3.80. The lowest BCUT2D eigenvalue weighted by Gasteiger charge is -2.26. The van der Waals surface area contributed by atoms with Crippen molar-refractivity contribution in [1.82, 2.24) is 5.32 Å². The van der Waals surface area contributed by atoms with Crippen molar-refractivity contribution < 1.29 is 9.84 Å². The predicted octanol–water partition coefficient (Wildman–Crippen LogP) is 3.65. The van der Waals surface area contributed by atoms with Crippen LogP contribution in [0.2, 0.25) is 0 Å². The van der Waals surface area contributed by atoms with Crippen LogP contribution in [0.25, 0.3) is 0 Å². The first kappa shape index (κ1) is 15.8. The largest absolute Gasteiger partial charge is 0.490 e. The highest BCUT2D eigenvalue weighted by molar-refractivity contribution is 5.28. The highest BCUT2D eigenvalue weighted by Gasteiger charge is 2.19. The minimum Gasteiger partial charge on any atom is -0.490 e. The summed E-state index contributed by atoms with van der Waals surface area (Å²) in [4.78, 5) is 0. The molecule has 2 aliphatic rings. The van der Waals surface area contributed by atoms with Gasteiger partial charge in [-0.3, -0.25) is 0 Å². The molecule has 2 N–H and O–H groups in total. The van der Waals surface area contributed by atoms with Crippen molar-refractivity contribution in [2.45, 2.75) is 70.1 Å². The van der Waals surface area contributed by atoms with Crippen molar-refractivity contribution in [3.8, 4) is 5.75 Å². The van der Waals surface area contributed by atoms with E-state index in [1.807, 2.05) is 0 Å². The number of nitrogens with one attached hydrogen (secondary N) is 1. The second-order valence-corrected chi connectivity index (χ2v) is 6.99. The minimum atomic E-state index is -0.0799. The zero-order valence-electron chi connectivity index (χ0n) is 13.5. The van der Waals surface area contributed by atoms with Gasteiger partial charge in [-0.05, 0) is 75.1 Å². The molecule has 3 nitrogen and oxygen atoms in total. The maximum atomic E-state index is 9.72. The molecule has 22 heavy (non-hydrogen) atoms. The average Bonchev–Trinajstić information content (AvgIpc) is 3.01. The summed E-state index contributed by atoms with van der Waals surface area (Å²) < 4.78 is 6.07. The Hall–Kier alpha value is -1.06. The molecule has 2 fully saturated rings. The Morgan fingerprint density at radius 1 is 1.09 bits per heavy atom. The second kappa shape index (κ2) is 7.98. The molecule has 0 amide bonds. The van der Waals surface area contributed by atoms with Gasteiger partial charge in [0.2, 0.25) is 0 Å². The van der Waals surface area contributed by atoms with Gasteiger partial charge >= 0.3 is 0 Å². The van der Waals surface area contributed by atoms with Gasteiger partial charge in [0, 0.05) is 6.54 Å². The van der Waals surface area contributed by atoms with E-state index >= 15 is 0 Å². The summed E-state index contributed by atoms with van der Waals surface area (Å²) in [6, 6.07) is 8.48. The lowest BCUT2D eigenvalue weighted by Crippen LogP contribution is -2.28. The number of hydrogen-bond acceptors (Lipinski definition) is 3. The van der Waals surface area contributed by atoms with Gasteiger partial charge in [-0.1, -0.05) is 18.6 Å². The summed E-state index contributed by atoms with van der Waals surface area (Å²) in [5.41, 5.74) is 1.28. The third-order valence-corrected chi connectivity index (χ3v) is 5.02. The molecule has 122 valence electrons. The van der Waals surface area contributed by atoms with Crippen LogP contribution < -0.4 is 10.1 Å². The second-order valence-electron chi connectivity index (χ2n) is 6.99. The van der Waals surface area contributed by atoms with Crippen LogP contribution in [0.1, 0.15) is 56.9 Å². The third kappa shape index (κ3) is 4.72. The van der Waals surface area contributed by atoms with Crippen LogP contribution in [0.15, 0.2) is 24.3 Å². The molecule has 2 atom stereocenters. The van der Waals surface area contributed by atoms with E-state index in [1.54, 1.807) is 0 Å². The molecule has 0 heterocycles. The van der Waals surface area contributed by atoms with Crippen molar-refractivity contribution in [2.24, 2.45) is 5.92 Å². The number of benzene rings is 1. The summed E-state index contributed by atoms with van der Waals surface area (Å²) in [5.74, 6) is 1.64. The quantitative estimate of drug-likeness (QED) is 0.843. The van der Waals surface area contributed by atoms with Crippen LogP contribution in [-0.2, 0) is 6.54 Å². The molecule has 1 aromatic rings. The Bertz CT molecular complexity index is 457. The van der Waals surface area contributed by atoms with Gasteiger partial charge in [-0.15, -0.1) is 0 Å². The van der Waals surface area contributed by atoms with Crippen LogP contribution >= 0.6 is 0 Å². The van der Waals surface area contributed by atoms with E-state index in [9.17, 15) is 5.11 Å². The van der Waals surface area contributed by atoms with Crippen LogP contribution in [0, 0.1) is 5.92 Å². The monoisotopic (exact) mass is 303 g/mol. The van der Waals surface area contributed by atoms with Crippen molar-refractivity contribution in [3.05, 3.63) is 29.8 Å². The van der Waals surface area contributed by atoms with Gasteiger partial charge in [0.05, 0.1) is 12.2 Å². The van der Waals surface area contributed by atoms with Crippen molar-refractivity contribution >= 4 is 0 Å². The van der Waals surface area contributed by atoms with Gasteiger partial charge < -0.3 is 15.2 Å². The molecule has 0 saturated heterocycles. The number of aliphatic hydroxyl groups excluding tert-OH is 1. The summed E-state index contributed by atoms with van der Waals surface area (Å²) >= 11 is 0. The molecule has 2 aliphatic carbocycles. The molecule has 2 unspecified atom stereocenters. The van der Waals surface area contributed by atoms with E-state index in [-0.39, 0.29) is 6.10 Å². The molecule has 0 radical (unpaired) electrons. The van der Waals surface area contributed by atoms with Crippen LogP contribution in [0.4, 0.5) is 0 Å². The zero-order chi connectivity index (χ0) is 15.2. The van der Waals surface area contributed by atoms with E-state index < -0.39 is 0 Å². The summed E-state index contributed by atoms with van der Waals surface area (Å²) in [5, 5.41) is 13.3. The van der Waals surface area contributed by atoms with Gasteiger partial charge in [0.15, 0.2) is 0 Å². The third-order valence-electron chi connectivity index (χ3n) is 5.02. The van der Waals surface area contributed by atoms with Crippen molar-refractivity contribution in [1.29, 1.82) is 0 Å². The van der Waals surface area contributed by atoms with Gasteiger partial charge in [0.25, 0.3) is 0 Å². The summed E-state index contributed by atoms with van der Waals surface area (Å²) in [6.07, 6.45) is 9.70. The Morgan fingerprint density at radius 3 is 2.77 bits per heavy atom. The van der Waals surface area contributed by atoms with Crippen LogP contribution in [0.3, 0.4) is 0 Å². The Labute approximate surface area is 134 Å². The summed E-state index contributed by atoms with van der Waals surface area (Å²) in [7, 11) is 0.